The molecule has 0 bridgehead atoms. The highest BCUT2D eigenvalue weighted by Crippen LogP contribution is 2.05. The number of para-hydroxylation sites is 2. The standard InChI is InChI=1S/C7H8O.C6H6O.C2H4O2.2C2H6/c1-8-7-5-3-2-4-6-7;7-6-4-2-1-3-5-6;1-2(3)4;2*1-2/h2-6H,1H3;1-5,7H;1H3,(H,3,4);2*1-2H3. The van der Waals surface area contributed by atoms with Crippen LogP contribution in [0.1, 0.15) is 34.6 Å². The highest BCUT2D eigenvalue weighted by Gasteiger charge is 1.80. The summed E-state index contributed by atoms with van der Waals surface area (Å²) in [6.45, 7) is 9.08. The molecule has 0 saturated carbocycles. The van der Waals surface area contributed by atoms with Crippen LogP contribution in [0.25, 0.3) is 0 Å². The maximum absolute atomic E-state index is 9.00. The Morgan fingerprint density at radius 2 is 1.13 bits per heavy atom. The third-order valence-electron chi connectivity index (χ3n) is 1.74. The van der Waals surface area contributed by atoms with Crippen LogP contribution in [0.15, 0.2) is 60.7 Å². The van der Waals surface area contributed by atoms with E-state index in [0.29, 0.717) is 5.75 Å². The van der Waals surface area contributed by atoms with Crippen LogP contribution in [0.5, 0.6) is 11.5 Å². The molecule has 0 unspecified atom stereocenters. The normalized spacial score (nSPS) is 7.22. The number of phenolic OH excluding ortho intramolecular Hbond substituents is 1. The van der Waals surface area contributed by atoms with E-state index in [2.05, 4.69) is 0 Å². The quantitative estimate of drug-likeness (QED) is 0.754. The van der Waals surface area contributed by atoms with Crippen molar-refractivity contribution in [3.8, 4) is 11.5 Å². The molecule has 0 amide bonds. The zero-order valence-electron chi connectivity index (χ0n) is 15.0. The van der Waals surface area contributed by atoms with Gasteiger partial charge in [0, 0.05) is 6.92 Å². The highest BCUT2D eigenvalue weighted by atomic mass is 16.5. The second-order valence-corrected chi connectivity index (χ2v) is 3.37. The lowest BCUT2D eigenvalue weighted by Crippen LogP contribution is -1.78. The van der Waals surface area contributed by atoms with Crippen LogP contribution in [0.2, 0.25) is 0 Å². The molecule has 0 radical (unpaired) electrons. The second kappa shape index (κ2) is 21.8. The molecule has 2 N–H and O–H groups in total. The van der Waals surface area contributed by atoms with Gasteiger partial charge in [-0.2, -0.15) is 0 Å². The van der Waals surface area contributed by atoms with Crippen molar-refractivity contribution in [3.63, 3.8) is 0 Å². The Kier molecular flexibility index (Phi) is 24.1. The first-order valence-electron chi connectivity index (χ1n) is 7.59. The Morgan fingerprint density at radius 1 is 0.826 bits per heavy atom. The Balaban J connectivity index is -0.000000245. The molecule has 130 valence electrons. The monoisotopic (exact) mass is 322 g/mol. The summed E-state index contributed by atoms with van der Waals surface area (Å²) in [6.07, 6.45) is 0. The van der Waals surface area contributed by atoms with Crippen LogP contribution in [-0.2, 0) is 4.79 Å². The van der Waals surface area contributed by atoms with E-state index < -0.39 is 5.97 Å². The van der Waals surface area contributed by atoms with Gasteiger partial charge in [0.05, 0.1) is 7.11 Å². The molecule has 0 saturated heterocycles. The molecular formula is C19H30O4. The minimum absolute atomic E-state index is 0.322. The van der Waals surface area contributed by atoms with Gasteiger partial charge in [0.25, 0.3) is 5.97 Å². The van der Waals surface area contributed by atoms with Crippen LogP contribution in [0, 0.1) is 0 Å². The topological polar surface area (TPSA) is 66.8 Å². The molecule has 0 heterocycles. The predicted octanol–water partition coefficient (Wildman–Crippen LogP) is 5.23. The number of ether oxygens (including phenoxy) is 1. The summed E-state index contributed by atoms with van der Waals surface area (Å²) in [6, 6.07) is 18.4. The highest BCUT2D eigenvalue weighted by molar-refractivity contribution is 5.62. The second-order valence-electron chi connectivity index (χ2n) is 3.37. The average molecular weight is 322 g/mol. The molecule has 0 aliphatic carbocycles. The maximum Gasteiger partial charge on any atom is 0.300 e. The van der Waals surface area contributed by atoms with Gasteiger partial charge < -0.3 is 14.9 Å². The Hall–Kier alpha value is -2.49. The summed E-state index contributed by atoms with van der Waals surface area (Å²) in [5.41, 5.74) is 0. The van der Waals surface area contributed by atoms with Gasteiger partial charge in [0.2, 0.25) is 0 Å². The minimum atomic E-state index is -0.833. The number of aromatic hydroxyl groups is 1. The van der Waals surface area contributed by atoms with Crippen molar-refractivity contribution in [2.45, 2.75) is 34.6 Å². The Morgan fingerprint density at radius 3 is 1.30 bits per heavy atom. The summed E-state index contributed by atoms with van der Waals surface area (Å²) in [5, 5.41) is 16.0. The van der Waals surface area contributed by atoms with Crippen LogP contribution in [-0.4, -0.2) is 23.3 Å². The molecule has 2 aromatic rings. The summed E-state index contributed by atoms with van der Waals surface area (Å²) in [4.78, 5) is 9.00. The van der Waals surface area contributed by atoms with E-state index in [4.69, 9.17) is 19.7 Å². The molecule has 0 atom stereocenters. The minimum Gasteiger partial charge on any atom is -0.508 e. The van der Waals surface area contributed by atoms with E-state index >= 15 is 0 Å². The van der Waals surface area contributed by atoms with Crippen LogP contribution in [0.4, 0.5) is 0 Å². The summed E-state index contributed by atoms with van der Waals surface area (Å²) < 4.78 is 4.91. The predicted molar refractivity (Wildman–Crippen MR) is 97.1 cm³/mol. The molecular weight excluding hydrogens is 292 g/mol. The third kappa shape index (κ3) is 24.9. The average Bonchev–Trinajstić information content (AvgIpc) is 2.60. The lowest BCUT2D eigenvalue weighted by Gasteiger charge is -1.93. The van der Waals surface area contributed by atoms with E-state index in [9.17, 15) is 0 Å². The Labute approximate surface area is 140 Å². The van der Waals surface area contributed by atoms with Crippen molar-refractivity contribution in [2.75, 3.05) is 7.11 Å². The zero-order chi connectivity index (χ0) is 18.5. The SMILES string of the molecule is CC.CC.CC(=O)O.COc1ccccc1.Oc1ccccc1. The van der Waals surface area contributed by atoms with Crippen LogP contribution < -0.4 is 4.74 Å². The van der Waals surface area contributed by atoms with Gasteiger partial charge in [-0.05, 0) is 24.3 Å². The number of hydrogen-bond acceptors (Lipinski definition) is 3. The maximum atomic E-state index is 9.00. The fourth-order valence-corrected chi connectivity index (χ4v) is 0.985. The first kappa shape index (κ1) is 25.5. The molecule has 2 aromatic carbocycles. The van der Waals surface area contributed by atoms with Gasteiger partial charge in [-0.1, -0.05) is 64.1 Å². The van der Waals surface area contributed by atoms with E-state index in [1.165, 1.54) is 0 Å². The molecule has 4 heteroatoms. The molecule has 2 rings (SSSR count). The molecule has 23 heavy (non-hydrogen) atoms. The van der Waals surface area contributed by atoms with Crippen molar-refractivity contribution >= 4 is 5.97 Å². The number of hydrogen-bond donors (Lipinski definition) is 2. The molecule has 0 aliphatic heterocycles. The molecule has 0 aromatic heterocycles. The fraction of sp³-hybridized carbons (Fsp3) is 0.316. The van der Waals surface area contributed by atoms with Gasteiger partial charge >= 0.3 is 0 Å². The van der Waals surface area contributed by atoms with Gasteiger partial charge in [0.1, 0.15) is 11.5 Å². The van der Waals surface area contributed by atoms with Crippen LogP contribution >= 0.6 is 0 Å². The summed E-state index contributed by atoms with van der Waals surface area (Å²) in [5.74, 6) is 0.398. The van der Waals surface area contributed by atoms with E-state index in [0.717, 1.165) is 12.7 Å². The smallest absolute Gasteiger partial charge is 0.300 e. The molecule has 0 spiro atoms. The van der Waals surface area contributed by atoms with Gasteiger partial charge in [0.15, 0.2) is 0 Å². The largest absolute Gasteiger partial charge is 0.508 e. The van der Waals surface area contributed by atoms with Crippen molar-refractivity contribution in [1.82, 2.24) is 0 Å². The number of carbonyl (C=O) groups is 1. The molecule has 0 aliphatic rings. The van der Waals surface area contributed by atoms with Gasteiger partial charge in [-0.3, -0.25) is 4.79 Å². The lowest BCUT2D eigenvalue weighted by molar-refractivity contribution is -0.134. The van der Waals surface area contributed by atoms with E-state index in [1.807, 2.05) is 64.1 Å². The zero-order valence-corrected chi connectivity index (χ0v) is 15.0. The number of methoxy groups -OCH3 is 1. The van der Waals surface area contributed by atoms with Crippen LogP contribution in [0.3, 0.4) is 0 Å². The number of carboxylic acid groups (broad SMARTS) is 1. The first-order valence-corrected chi connectivity index (χ1v) is 7.59. The van der Waals surface area contributed by atoms with Crippen molar-refractivity contribution in [1.29, 1.82) is 0 Å². The van der Waals surface area contributed by atoms with E-state index in [-0.39, 0.29) is 0 Å². The number of rotatable bonds is 1. The fourth-order valence-electron chi connectivity index (χ4n) is 0.985. The Bertz CT molecular complexity index is 437. The first-order chi connectivity index (χ1) is 11.1. The summed E-state index contributed by atoms with van der Waals surface area (Å²) >= 11 is 0. The van der Waals surface area contributed by atoms with E-state index in [1.54, 1.807) is 31.4 Å². The third-order valence-corrected chi connectivity index (χ3v) is 1.74. The van der Waals surface area contributed by atoms with Crippen molar-refractivity contribution in [2.24, 2.45) is 0 Å². The number of phenols is 1. The summed E-state index contributed by atoms with van der Waals surface area (Å²) in [7, 11) is 1.66. The number of carboxylic acids is 1. The molecule has 0 fully saturated rings. The van der Waals surface area contributed by atoms with Gasteiger partial charge in [-0.25, -0.2) is 0 Å². The lowest BCUT2D eigenvalue weighted by atomic mass is 10.3. The van der Waals surface area contributed by atoms with Crippen molar-refractivity contribution < 1.29 is 19.7 Å². The van der Waals surface area contributed by atoms with Crippen molar-refractivity contribution in [3.05, 3.63) is 60.7 Å². The van der Waals surface area contributed by atoms with Gasteiger partial charge in [-0.15, -0.1) is 0 Å². The number of aliphatic carboxylic acids is 1. The molecule has 4 nitrogen and oxygen atoms in total. The number of benzene rings is 2.